The zero-order valence-electron chi connectivity index (χ0n) is 5.93. The molecule has 1 nitrogen and oxygen atoms in total. The molecule has 0 amide bonds. The van der Waals surface area contributed by atoms with Gasteiger partial charge in [-0.2, -0.15) is 0 Å². The van der Waals surface area contributed by atoms with Gasteiger partial charge in [-0.15, -0.1) is 6.58 Å². The molecule has 1 aliphatic rings. The predicted octanol–water partition coefficient (Wildman–Crippen LogP) is 2.12. The van der Waals surface area contributed by atoms with Crippen LogP contribution in [0.15, 0.2) is 48.9 Å². The van der Waals surface area contributed by atoms with E-state index in [0.29, 0.717) is 0 Å². The molecule has 1 heteroatoms. The van der Waals surface area contributed by atoms with Gasteiger partial charge in [0, 0.05) is 11.9 Å². The number of dihydropyridines is 1. The average molecular weight is 133 g/mol. The van der Waals surface area contributed by atoms with Crippen LogP contribution in [0.3, 0.4) is 0 Å². The van der Waals surface area contributed by atoms with Crippen molar-refractivity contribution >= 4 is 0 Å². The van der Waals surface area contributed by atoms with Crippen LogP contribution in [0, 0.1) is 0 Å². The van der Waals surface area contributed by atoms with E-state index < -0.39 is 0 Å². The maximum absolute atomic E-state index is 3.84. The van der Waals surface area contributed by atoms with E-state index in [1.165, 1.54) is 5.57 Å². The third kappa shape index (κ3) is 1.38. The van der Waals surface area contributed by atoms with Gasteiger partial charge < -0.3 is 5.32 Å². The molecule has 0 saturated carbocycles. The first kappa shape index (κ1) is 6.87. The SMILES string of the molecule is C=CCC1=CC=CNC1=C. The summed E-state index contributed by atoms with van der Waals surface area (Å²) < 4.78 is 0. The van der Waals surface area contributed by atoms with Gasteiger partial charge >= 0.3 is 0 Å². The Morgan fingerprint density at radius 2 is 2.40 bits per heavy atom. The molecular weight excluding hydrogens is 122 g/mol. The Balaban J connectivity index is 2.70. The van der Waals surface area contributed by atoms with Crippen molar-refractivity contribution in [1.29, 1.82) is 0 Å². The molecule has 1 rings (SSSR count). The van der Waals surface area contributed by atoms with Crippen LogP contribution in [-0.2, 0) is 0 Å². The topological polar surface area (TPSA) is 12.0 Å². The second-order valence-corrected chi connectivity index (χ2v) is 2.17. The first-order valence-corrected chi connectivity index (χ1v) is 3.27. The van der Waals surface area contributed by atoms with Crippen LogP contribution in [0.4, 0.5) is 0 Å². The van der Waals surface area contributed by atoms with Gasteiger partial charge in [0.2, 0.25) is 0 Å². The Hall–Kier alpha value is -1.24. The number of rotatable bonds is 2. The van der Waals surface area contributed by atoms with E-state index >= 15 is 0 Å². The van der Waals surface area contributed by atoms with Crippen LogP contribution in [-0.4, -0.2) is 0 Å². The van der Waals surface area contributed by atoms with E-state index in [0.717, 1.165) is 12.1 Å². The van der Waals surface area contributed by atoms with Gasteiger partial charge in [-0.1, -0.05) is 18.7 Å². The zero-order chi connectivity index (χ0) is 7.40. The Kier molecular flexibility index (Phi) is 2.11. The Morgan fingerprint density at radius 3 is 3.00 bits per heavy atom. The quantitative estimate of drug-likeness (QED) is 0.569. The van der Waals surface area contributed by atoms with Crippen LogP contribution >= 0.6 is 0 Å². The number of allylic oxidation sites excluding steroid dienone is 4. The Labute approximate surface area is 61.4 Å². The van der Waals surface area contributed by atoms with E-state index in [1.54, 1.807) is 0 Å². The molecule has 0 unspecified atom stereocenters. The number of hydrogen-bond donors (Lipinski definition) is 1. The molecule has 0 aliphatic carbocycles. The normalized spacial score (nSPS) is 16.0. The van der Waals surface area contributed by atoms with E-state index in [1.807, 2.05) is 24.4 Å². The highest BCUT2D eigenvalue weighted by Crippen LogP contribution is 2.12. The molecule has 0 aromatic carbocycles. The molecule has 1 heterocycles. The van der Waals surface area contributed by atoms with Crippen molar-refractivity contribution in [1.82, 2.24) is 5.32 Å². The van der Waals surface area contributed by atoms with Crippen LogP contribution < -0.4 is 5.32 Å². The fraction of sp³-hybridized carbons (Fsp3) is 0.111. The summed E-state index contributed by atoms with van der Waals surface area (Å²) >= 11 is 0. The van der Waals surface area contributed by atoms with Gasteiger partial charge in [0.25, 0.3) is 0 Å². The summed E-state index contributed by atoms with van der Waals surface area (Å²) in [5.41, 5.74) is 2.18. The van der Waals surface area contributed by atoms with Crippen LogP contribution in [0.5, 0.6) is 0 Å². The number of hydrogen-bond acceptors (Lipinski definition) is 1. The van der Waals surface area contributed by atoms with Crippen molar-refractivity contribution in [3.05, 3.63) is 48.9 Å². The molecule has 0 radical (unpaired) electrons. The molecule has 0 bridgehead atoms. The second-order valence-electron chi connectivity index (χ2n) is 2.17. The fourth-order valence-corrected chi connectivity index (χ4v) is 0.853. The predicted molar refractivity (Wildman–Crippen MR) is 44.3 cm³/mol. The first-order chi connectivity index (χ1) is 4.84. The minimum absolute atomic E-state index is 0.885. The van der Waals surface area contributed by atoms with Gasteiger partial charge in [-0.25, -0.2) is 0 Å². The van der Waals surface area contributed by atoms with Crippen LogP contribution in [0.2, 0.25) is 0 Å². The molecule has 10 heavy (non-hydrogen) atoms. The van der Waals surface area contributed by atoms with Gasteiger partial charge in [0.15, 0.2) is 0 Å². The minimum Gasteiger partial charge on any atom is -0.362 e. The summed E-state index contributed by atoms with van der Waals surface area (Å²) in [5.74, 6) is 0. The van der Waals surface area contributed by atoms with Crippen molar-refractivity contribution in [2.45, 2.75) is 6.42 Å². The number of nitrogens with one attached hydrogen (secondary N) is 1. The molecule has 0 saturated heterocycles. The summed E-state index contributed by atoms with van der Waals surface area (Å²) in [6.07, 6.45) is 8.64. The lowest BCUT2D eigenvalue weighted by Crippen LogP contribution is -2.08. The summed E-state index contributed by atoms with van der Waals surface area (Å²) in [7, 11) is 0. The maximum Gasteiger partial charge on any atom is 0.0342 e. The highest BCUT2D eigenvalue weighted by atomic mass is 14.9. The van der Waals surface area contributed by atoms with E-state index in [-0.39, 0.29) is 0 Å². The van der Waals surface area contributed by atoms with Gasteiger partial charge in [-0.3, -0.25) is 0 Å². The smallest absolute Gasteiger partial charge is 0.0342 e. The third-order valence-corrected chi connectivity index (χ3v) is 1.40. The van der Waals surface area contributed by atoms with Gasteiger partial charge in [0.05, 0.1) is 0 Å². The molecule has 0 aromatic heterocycles. The molecule has 0 fully saturated rings. The van der Waals surface area contributed by atoms with Crippen molar-refractivity contribution in [2.75, 3.05) is 0 Å². The van der Waals surface area contributed by atoms with Crippen molar-refractivity contribution < 1.29 is 0 Å². The molecule has 52 valence electrons. The lowest BCUT2D eigenvalue weighted by atomic mass is 10.1. The summed E-state index contributed by atoms with van der Waals surface area (Å²) in [6.45, 7) is 7.49. The molecule has 0 spiro atoms. The first-order valence-electron chi connectivity index (χ1n) is 3.27. The molecule has 0 aromatic rings. The van der Waals surface area contributed by atoms with Crippen LogP contribution in [0.25, 0.3) is 0 Å². The van der Waals surface area contributed by atoms with Gasteiger partial charge in [0.1, 0.15) is 0 Å². The highest BCUT2D eigenvalue weighted by molar-refractivity contribution is 5.36. The second kappa shape index (κ2) is 3.06. The van der Waals surface area contributed by atoms with Crippen molar-refractivity contribution in [2.24, 2.45) is 0 Å². The Morgan fingerprint density at radius 1 is 1.60 bits per heavy atom. The summed E-state index contributed by atoms with van der Waals surface area (Å²) in [6, 6.07) is 0. The molecular formula is C9H11N. The van der Waals surface area contributed by atoms with Crippen LogP contribution in [0.1, 0.15) is 6.42 Å². The average Bonchev–Trinajstić information content (AvgIpc) is 1.94. The molecule has 1 N–H and O–H groups in total. The largest absolute Gasteiger partial charge is 0.362 e. The molecule has 1 aliphatic heterocycles. The standard InChI is InChI=1S/C9H11N/c1-3-5-9-6-4-7-10-8(9)2/h3-4,6-7,10H,1-2,5H2. The summed E-state index contributed by atoms with van der Waals surface area (Å²) in [4.78, 5) is 0. The van der Waals surface area contributed by atoms with E-state index in [2.05, 4.69) is 18.5 Å². The van der Waals surface area contributed by atoms with Gasteiger partial charge in [-0.05, 0) is 18.1 Å². The van der Waals surface area contributed by atoms with Crippen molar-refractivity contribution in [3.8, 4) is 0 Å². The minimum atomic E-state index is 0.885. The van der Waals surface area contributed by atoms with E-state index in [9.17, 15) is 0 Å². The van der Waals surface area contributed by atoms with Crippen molar-refractivity contribution in [3.63, 3.8) is 0 Å². The zero-order valence-corrected chi connectivity index (χ0v) is 5.93. The van der Waals surface area contributed by atoms with E-state index in [4.69, 9.17) is 0 Å². The summed E-state index contributed by atoms with van der Waals surface area (Å²) in [5, 5.41) is 3.03. The maximum atomic E-state index is 3.84. The highest BCUT2D eigenvalue weighted by Gasteiger charge is 1.99. The lowest BCUT2D eigenvalue weighted by molar-refractivity contribution is 1.02. The molecule has 0 atom stereocenters. The Bertz CT molecular complexity index is 209. The fourth-order valence-electron chi connectivity index (χ4n) is 0.853. The monoisotopic (exact) mass is 133 g/mol. The third-order valence-electron chi connectivity index (χ3n) is 1.40. The lowest BCUT2D eigenvalue weighted by Gasteiger charge is -2.11.